The summed E-state index contributed by atoms with van der Waals surface area (Å²) in [6, 6.07) is 4.49. The van der Waals surface area contributed by atoms with Crippen molar-refractivity contribution in [1.82, 2.24) is 4.98 Å². The highest BCUT2D eigenvalue weighted by molar-refractivity contribution is 7.22. The number of aromatic nitrogens is 1. The van der Waals surface area contributed by atoms with Crippen molar-refractivity contribution in [2.24, 2.45) is 5.11 Å². The van der Waals surface area contributed by atoms with E-state index in [-0.39, 0.29) is 37.3 Å². The van der Waals surface area contributed by atoms with Gasteiger partial charge in [0, 0.05) is 11.1 Å². The third kappa shape index (κ3) is 2.91. The number of nitrogens with one attached hydrogen (secondary N) is 2. The first-order valence-electron chi connectivity index (χ1n) is 6.42. The van der Waals surface area contributed by atoms with E-state index in [0.717, 1.165) is 17.4 Å². The molecule has 0 atom stereocenters. The number of nitrogen functional groups attached to an aromatic ring is 1. The molecule has 3 rings (SSSR count). The van der Waals surface area contributed by atoms with Crippen LogP contribution in [-0.2, 0) is 0 Å². The summed E-state index contributed by atoms with van der Waals surface area (Å²) in [5, 5.41) is 5.90. The van der Waals surface area contributed by atoms with E-state index in [1.807, 2.05) is 0 Å². The van der Waals surface area contributed by atoms with E-state index in [0.29, 0.717) is 6.07 Å². The average molecular weight is 368 g/mol. The molecule has 10 heteroatoms. The van der Waals surface area contributed by atoms with E-state index in [2.05, 4.69) is 15.4 Å². The number of halogens is 3. The normalized spacial score (nSPS) is 10.8. The molecule has 4 N–H and O–H groups in total. The summed E-state index contributed by atoms with van der Waals surface area (Å²) in [6.45, 7) is 0. The second-order valence-corrected chi connectivity index (χ2v) is 6.17. The first-order valence-corrected chi connectivity index (χ1v) is 7.62. The number of hydrogen-bond donors (Lipinski definition) is 3. The Balaban J connectivity index is 1.97. The van der Waals surface area contributed by atoms with Crippen molar-refractivity contribution in [3.63, 3.8) is 0 Å². The summed E-state index contributed by atoms with van der Waals surface area (Å²) in [6.07, 6.45) is 0. The minimum absolute atomic E-state index is 0.000548. The Kier molecular flexibility index (Phi) is 4.12. The van der Waals surface area contributed by atoms with Gasteiger partial charge in [-0.15, -0.1) is 0 Å². The van der Waals surface area contributed by atoms with E-state index in [4.69, 9.17) is 22.9 Å². The molecule has 1 amide bonds. The van der Waals surface area contributed by atoms with Crippen LogP contribution in [0.1, 0.15) is 10.4 Å². The molecule has 6 nitrogen and oxygen atoms in total. The van der Waals surface area contributed by atoms with Crippen LogP contribution in [0.5, 0.6) is 0 Å². The van der Waals surface area contributed by atoms with E-state index in [1.54, 1.807) is 0 Å². The molecular formula is C14H8ClF2N5OS. The fraction of sp³-hybridized carbons (Fsp3) is 0. The van der Waals surface area contributed by atoms with Gasteiger partial charge in [-0.25, -0.2) is 19.3 Å². The number of thiazole rings is 1. The second-order valence-electron chi connectivity index (χ2n) is 4.71. The van der Waals surface area contributed by atoms with Gasteiger partial charge in [-0.3, -0.25) is 10.1 Å². The fourth-order valence-electron chi connectivity index (χ4n) is 2.06. The maximum Gasteiger partial charge on any atom is 0.259 e. The summed E-state index contributed by atoms with van der Waals surface area (Å²) < 4.78 is 27.1. The number of nitrogens with zero attached hydrogens (tertiary/aromatic N) is 2. The lowest BCUT2D eigenvalue weighted by molar-refractivity contribution is 0.102. The van der Waals surface area contributed by atoms with Crippen LogP contribution >= 0.6 is 22.9 Å². The highest BCUT2D eigenvalue weighted by Crippen LogP contribution is 2.32. The number of carbonyl (C=O) groups excluding carboxylic acids is 1. The van der Waals surface area contributed by atoms with Gasteiger partial charge in [-0.2, -0.15) is 5.11 Å². The Bertz CT molecular complexity index is 991. The molecule has 0 bridgehead atoms. The van der Waals surface area contributed by atoms with Gasteiger partial charge in [0.05, 0.1) is 16.0 Å². The fourth-order valence-corrected chi connectivity index (χ4v) is 3.17. The summed E-state index contributed by atoms with van der Waals surface area (Å²) in [5.41, 5.74) is 12.8. The summed E-state index contributed by atoms with van der Waals surface area (Å²) in [7, 11) is 0. The van der Waals surface area contributed by atoms with Gasteiger partial charge in [-0.05, 0) is 18.2 Å². The predicted octanol–water partition coefficient (Wildman–Crippen LogP) is 4.72. The van der Waals surface area contributed by atoms with E-state index in [1.165, 1.54) is 12.1 Å². The molecule has 2 aromatic carbocycles. The third-order valence-electron chi connectivity index (χ3n) is 3.12. The van der Waals surface area contributed by atoms with E-state index < -0.39 is 17.5 Å². The van der Waals surface area contributed by atoms with Crippen LogP contribution in [0.4, 0.5) is 25.3 Å². The lowest BCUT2D eigenvalue weighted by atomic mass is 10.1. The Hall–Kier alpha value is -2.65. The molecule has 0 saturated heterocycles. The van der Waals surface area contributed by atoms with E-state index in [9.17, 15) is 13.6 Å². The van der Waals surface area contributed by atoms with Crippen molar-refractivity contribution in [2.75, 3.05) is 11.1 Å². The van der Waals surface area contributed by atoms with Gasteiger partial charge >= 0.3 is 0 Å². The molecule has 0 saturated carbocycles. The lowest BCUT2D eigenvalue weighted by Crippen LogP contribution is -2.14. The molecule has 1 aromatic heterocycles. The molecule has 1 heterocycles. The van der Waals surface area contributed by atoms with Gasteiger partial charge in [0.15, 0.2) is 10.9 Å². The average Bonchev–Trinajstić information content (AvgIpc) is 2.91. The van der Waals surface area contributed by atoms with Crippen LogP contribution < -0.4 is 11.1 Å². The maximum atomic E-state index is 13.7. The van der Waals surface area contributed by atoms with Crippen LogP contribution in [0.2, 0.25) is 5.02 Å². The summed E-state index contributed by atoms with van der Waals surface area (Å²) >= 11 is 6.78. The molecular weight excluding hydrogens is 360 g/mol. The predicted molar refractivity (Wildman–Crippen MR) is 88.2 cm³/mol. The number of fused-ring (bicyclic) bond motifs is 1. The highest BCUT2D eigenvalue weighted by atomic mass is 35.5. The molecule has 24 heavy (non-hydrogen) atoms. The largest absolute Gasteiger partial charge is 0.396 e. The van der Waals surface area contributed by atoms with Gasteiger partial charge in [0.1, 0.15) is 17.0 Å². The number of amides is 1. The van der Waals surface area contributed by atoms with Crippen LogP contribution in [0.25, 0.3) is 10.2 Å². The van der Waals surface area contributed by atoms with Gasteiger partial charge in [0.25, 0.3) is 5.91 Å². The number of anilines is 2. The number of hydrogen-bond acceptors (Lipinski definition) is 6. The maximum absolute atomic E-state index is 13.7. The molecule has 0 aliphatic carbocycles. The van der Waals surface area contributed by atoms with Crippen LogP contribution in [0, 0.1) is 17.2 Å². The van der Waals surface area contributed by atoms with Crippen LogP contribution in [0.15, 0.2) is 29.4 Å². The molecule has 0 aliphatic rings. The number of nitrogens with two attached hydrogens (primary N) is 1. The molecule has 0 spiro atoms. The monoisotopic (exact) mass is 367 g/mol. The molecule has 0 aliphatic heterocycles. The Morgan fingerprint density at radius 1 is 1.33 bits per heavy atom. The smallest absolute Gasteiger partial charge is 0.259 e. The number of carbonyl (C=O) groups is 1. The van der Waals surface area contributed by atoms with Gasteiger partial charge in [0.2, 0.25) is 0 Å². The first-order chi connectivity index (χ1) is 11.4. The van der Waals surface area contributed by atoms with E-state index >= 15 is 0 Å². The van der Waals surface area contributed by atoms with Gasteiger partial charge in [-0.1, -0.05) is 22.9 Å². The third-order valence-corrected chi connectivity index (χ3v) is 4.26. The van der Waals surface area contributed by atoms with Crippen molar-refractivity contribution < 1.29 is 13.6 Å². The van der Waals surface area contributed by atoms with Crippen molar-refractivity contribution in [3.8, 4) is 0 Å². The molecule has 0 fully saturated rings. The lowest BCUT2D eigenvalue weighted by Gasteiger charge is -2.07. The number of benzene rings is 2. The van der Waals surface area contributed by atoms with Crippen molar-refractivity contribution in [1.29, 1.82) is 5.53 Å². The molecule has 0 radical (unpaired) electrons. The van der Waals surface area contributed by atoms with Crippen molar-refractivity contribution in [3.05, 3.63) is 46.5 Å². The molecule has 0 unspecified atom stereocenters. The SMILES string of the molecule is N=Nc1cc(Cl)cc(C(=O)Nc2nc3c(F)cc(F)cc3s2)c1N. The quantitative estimate of drug-likeness (QED) is 0.460. The minimum Gasteiger partial charge on any atom is -0.396 e. The Morgan fingerprint density at radius 2 is 2.08 bits per heavy atom. The topological polar surface area (TPSA) is 104 Å². The summed E-state index contributed by atoms with van der Waals surface area (Å²) in [4.78, 5) is 16.3. The standard InChI is InChI=1S/C14H8ClF2N5OS/c15-5-1-7(11(18)9(2-5)22-19)13(23)21-14-20-12-8(17)3-6(16)4-10(12)24-14/h1-4,19H,18H2,(H,20,21,23). The Morgan fingerprint density at radius 3 is 2.79 bits per heavy atom. The zero-order valence-electron chi connectivity index (χ0n) is 11.7. The zero-order chi connectivity index (χ0) is 17.4. The molecule has 3 aromatic rings. The summed E-state index contributed by atoms with van der Waals surface area (Å²) in [5.74, 6) is -2.21. The van der Waals surface area contributed by atoms with Crippen LogP contribution in [0.3, 0.4) is 0 Å². The van der Waals surface area contributed by atoms with Crippen molar-refractivity contribution in [2.45, 2.75) is 0 Å². The molecule has 122 valence electrons. The first kappa shape index (κ1) is 16.2. The number of rotatable bonds is 3. The minimum atomic E-state index is -0.820. The second kappa shape index (κ2) is 6.10. The highest BCUT2D eigenvalue weighted by Gasteiger charge is 2.17. The van der Waals surface area contributed by atoms with Gasteiger partial charge < -0.3 is 5.73 Å². The zero-order valence-corrected chi connectivity index (χ0v) is 13.3. The van der Waals surface area contributed by atoms with Crippen molar-refractivity contribution >= 4 is 55.6 Å². The Labute approximate surface area is 142 Å². The van der Waals surface area contributed by atoms with Crippen LogP contribution in [-0.4, -0.2) is 10.9 Å².